The van der Waals surface area contributed by atoms with Gasteiger partial charge in [-0.25, -0.2) is 8.78 Å². The molecule has 196 valence electrons. The molecule has 0 bridgehead atoms. The number of nitrogens with zero attached hydrogens (tertiary/aromatic N) is 2. The van der Waals surface area contributed by atoms with Crippen LogP contribution in [-0.2, 0) is 11.3 Å². The Labute approximate surface area is 231 Å². The average Bonchev–Trinajstić information content (AvgIpc) is 3.29. The summed E-state index contributed by atoms with van der Waals surface area (Å²) < 4.78 is 29.2. The van der Waals surface area contributed by atoms with Crippen LogP contribution in [0.15, 0.2) is 59.5 Å². The van der Waals surface area contributed by atoms with Gasteiger partial charge in [-0.3, -0.25) is 4.79 Å². The number of fused-ring (bicyclic) bond motifs is 1. The Morgan fingerprint density at radius 1 is 1.05 bits per heavy atom. The first-order chi connectivity index (χ1) is 18.3. The van der Waals surface area contributed by atoms with Crippen LogP contribution >= 0.6 is 23.4 Å². The smallest absolute Gasteiger partial charge is 0.238 e. The second-order valence-electron chi connectivity index (χ2n) is 10.4. The van der Waals surface area contributed by atoms with Crippen molar-refractivity contribution in [2.24, 2.45) is 5.92 Å². The number of nitriles is 1. The lowest BCUT2D eigenvalue weighted by atomic mass is 9.86. The van der Waals surface area contributed by atoms with Crippen LogP contribution in [0.4, 0.5) is 8.78 Å². The van der Waals surface area contributed by atoms with E-state index in [1.165, 1.54) is 0 Å². The summed E-state index contributed by atoms with van der Waals surface area (Å²) in [4.78, 5) is 16.2. The van der Waals surface area contributed by atoms with Crippen LogP contribution in [0.1, 0.15) is 60.2 Å². The van der Waals surface area contributed by atoms with Crippen molar-refractivity contribution < 1.29 is 13.6 Å². The molecule has 0 radical (unpaired) electrons. The molecule has 1 saturated carbocycles. The third-order valence-corrected chi connectivity index (χ3v) is 9.85. The highest BCUT2D eigenvalue weighted by atomic mass is 35.5. The number of hydrogen-bond donors (Lipinski definition) is 0. The van der Waals surface area contributed by atoms with Gasteiger partial charge in [0.05, 0.1) is 21.9 Å². The van der Waals surface area contributed by atoms with Gasteiger partial charge in [-0.1, -0.05) is 31.2 Å². The van der Waals surface area contributed by atoms with Gasteiger partial charge in [-0.05, 0) is 91.1 Å². The highest BCUT2D eigenvalue weighted by molar-refractivity contribution is 8.01. The molecule has 3 aromatic carbocycles. The van der Waals surface area contributed by atoms with E-state index in [1.807, 2.05) is 42.2 Å². The van der Waals surface area contributed by atoms with Gasteiger partial charge in [0.15, 0.2) is 0 Å². The average molecular weight is 551 g/mol. The molecule has 2 aliphatic rings. The summed E-state index contributed by atoms with van der Waals surface area (Å²) in [5.74, 6) is -0.700. The minimum atomic E-state index is -0.940. The van der Waals surface area contributed by atoms with E-state index in [1.54, 1.807) is 6.07 Å². The Bertz CT molecular complexity index is 1410. The van der Waals surface area contributed by atoms with Gasteiger partial charge in [0.1, 0.15) is 16.9 Å². The number of rotatable bonds is 5. The number of hydrogen-bond acceptors (Lipinski definition) is 3. The monoisotopic (exact) mass is 550 g/mol. The minimum absolute atomic E-state index is 0.0338. The van der Waals surface area contributed by atoms with Crippen molar-refractivity contribution in [2.45, 2.75) is 67.6 Å². The summed E-state index contributed by atoms with van der Waals surface area (Å²) in [5, 5.41) is 7.58. The maximum Gasteiger partial charge on any atom is 0.238 e. The van der Waals surface area contributed by atoms with Crippen molar-refractivity contribution in [3.63, 3.8) is 0 Å². The molecule has 7 heteroatoms. The van der Waals surface area contributed by atoms with Crippen LogP contribution in [0.3, 0.4) is 0 Å². The first-order valence-corrected chi connectivity index (χ1v) is 14.3. The summed E-state index contributed by atoms with van der Waals surface area (Å²) in [6.45, 7) is 4.64. The van der Waals surface area contributed by atoms with Gasteiger partial charge in [0.25, 0.3) is 0 Å². The third-order valence-electron chi connectivity index (χ3n) is 7.85. The molecule has 0 N–H and O–H groups in total. The van der Waals surface area contributed by atoms with E-state index in [-0.39, 0.29) is 22.4 Å². The molecule has 2 unspecified atom stereocenters. The van der Waals surface area contributed by atoms with Gasteiger partial charge in [0.2, 0.25) is 5.91 Å². The van der Waals surface area contributed by atoms with Crippen molar-refractivity contribution in [2.75, 3.05) is 0 Å². The molecule has 1 amide bonds. The largest absolute Gasteiger partial charge is 0.334 e. The quantitative estimate of drug-likeness (QED) is 0.301. The zero-order valence-electron chi connectivity index (χ0n) is 21.4. The van der Waals surface area contributed by atoms with E-state index in [2.05, 4.69) is 19.1 Å². The van der Waals surface area contributed by atoms with Crippen molar-refractivity contribution in [3.05, 3.63) is 88.5 Å². The van der Waals surface area contributed by atoms with Crippen LogP contribution in [0.5, 0.6) is 0 Å². The molecule has 0 saturated heterocycles. The lowest BCUT2D eigenvalue weighted by Gasteiger charge is -2.38. The number of thioether (sulfide) groups is 1. The van der Waals surface area contributed by atoms with Gasteiger partial charge in [0, 0.05) is 18.2 Å². The van der Waals surface area contributed by atoms with E-state index in [0.717, 1.165) is 71.8 Å². The summed E-state index contributed by atoms with van der Waals surface area (Å²) in [6, 6.07) is 18.0. The Morgan fingerprint density at radius 3 is 2.47 bits per heavy atom. The second kappa shape index (κ2) is 11.1. The van der Waals surface area contributed by atoms with E-state index in [4.69, 9.17) is 11.6 Å². The van der Waals surface area contributed by atoms with Crippen molar-refractivity contribution in [1.29, 1.82) is 5.26 Å². The minimum Gasteiger partial charge on any atom is -0.334 e. The molecule has 1 heterocycles. The molecule has 1 aliphatic heterocycles. The molecule has 3 nitrogen and oxygen atoms in total. The maximum absolute atomic E-state index is 14.6. The third kappa shape index (κ3) is 5.19. The predicted molar refractivity (Wildman–Crippen MR) is 148 cm³/mol. The second-order valence-corrected chi connectivity index (χ2v) is 12.0. The van der Waals surface area contributed by atoms with Crippen molar-refractivity contribution in [3.8, 4) is 17.2 Å². The molecule has 2 atom stereocenters. The van der Waals surface area contributed by atoms with Gasteiger partial charge in [-0.2, -0.15) is 5.26 Å². The molecule has 3 aromatic rings. The highest BCUT2D eigenvalue weighted by Gasteiger charge is 2.44. The fraction of sp³-hybridized carbons (Fsp3) is 0.355. The van der Waals surface area contributed by atoms with E-state index >= 15 is 0 Å². The number of halogens is 3. The molecule has 0 spiro atoms. The Hall–Kier alpha value is -2.88. The number of benzene rings is 3. The van der Waals surface area contributed by atoms with Crippen LogP contribution in [0.25, 0.3) is 11.1 Å². The lowest BCUT2D eigenvalue weighted by molar-refractivity contribution is -0.134. The molecule has 1 aliphatic carbocycles. The van der Waals surface area contributed by atoms with Crippen molar-refractivity contribution in [1.82, 2.24) is 4.90 Å². The van der Waals surface area contributed by atoms with Gasteiger partial charge < -0.3 is 4.90 Å². The fourth-order valence-corrected chi connectivity index (χ4v) is 7.33. The molecular formula is C31H29ClF2N2OS. The molecule has 38 heavy (non-hydrogen) atoms. The Balaban J connectivity index is 1.48. The van der Waals surface area contributed by atoms with Crippen LogP contribution in [0.2, 0.25) is 0 Å². The van der Waals surface area contributed by atoms with Crippen molar-refractivity contribution >= 4 is 29.3 Å². The zero-order valence-corrected chi connectivity index (χ0v) is 23.0. The van der Waals surface area contributed by atoms with E-state index < -0.39 is 22.3 Å². The van der Waals surface area contributed by atoms with E-state index in [0.29, 0.717) is 18.0 Å². The topological polar surface area (TPSA) is 44.1 Å². The molecule has 0 aromatic heterocycles. The van der Waals surface area contributed by atoms with Gasteiger partial charge >= 0.3 is 0 Å². The molecular weight excluding hydrogens is 522 g/mol. The summed E-state index contributed by atoms with van der Waals surface area (Å²) in [6.07, 6.45) is 3.83. The Kier molecular flexibility index (Phi) is 7.79. The maximum atomic E-state index is 14.6. The zero-order chi connectivity index (χ0) is 27.0. The fourth-order valence-electron chi connectivity index (χ4n) is 5.52. The number of carbonyl (C=O) groups excluding carboxylic acids is 1. The molecule has 5 rings (SSSR count). The van der Waals surface area contributed by atoms with Crippen LogP contribution < -0.4 is 0 Å². The number of carbonyl (C=O) groups is 1. The Morgan fingerprint density at radius 2 is 1.76 bits per heavy atom. The lowest BCUT2D eigenvalue weighted by Crippen LogP contribution is -2.46. The van der Waals surface area contributed by atoms with E-state index in [9.17, 15) is 18.8 Å². The predicted octanol–water partition coefficient (Wildman–Crippen LogP) is 8.17. The standard InChI is InChI=1S/C31H29ClF2N2OS/c1-18-6-10-24(11-7-18)36(31(37)30-28(32)27-25(33)12-13-26(34)29(27)38-30)17-23-15-22(9-8-19(23)2)21-5-3-4-20(14-21)16-35/h3-5,8-9,12-15,18,24,28,30H,6-7,10-11,17H2,1-2H3. The number of amides is 1. The SMILES string of the molecule is Cc1ccc(-c2cccc(C#N)c2)cc1CN(C(=O)C1Sc2c(F)ccc(F)c2C1Cl)C1CCC(C)CC1. The highest BCUT2D eigenvalue weighted by Crippen LogP contribution is 2.51. The normalized spacial score (nSPS) is 22.5. The number of alkyl halides is 1. The number of aryl methyl sites for hydroxylation is 1. The first-order valence-electron chi connectivity index (χ1n) is 13.0. The summed E-state index contributed by atoms with van der Waals surface area (Å²) in [7, 11) is 0. The summed E-state index contributed by atoms with van der Waals surface area (Å²) >= 11 is 7.69. The summed E-state index contributed by atoms with van der Waals surface area (Å²) in [5.41, 5.74) is 4.62. The van der Waals surface area contributed by atoms with Crippen LogP contribution in [-0.4, -0.2) is 22.1 Å². The first kappa shape index (κ1) is 26.7. The molecule has 1 fully saturated rings. The van der Waals surface area contributed by atoms with Crippen LogP contribution in [0, 0.1) is 35.8 Å². The van der Waals surface area contributed by atoms with Gasteiger partial charge in [-0.15, -0.1) is 23.4 Å².